The van der Waals surface area contributed by atoms with Gasteiger partial charge in [-0.25, -0.2) is 23.1 Å². The summed E-state index contributed by atoms with van der Waals surface area (Å²) in [4.78, 5) is 10.4. The number of methoxy groups -OCH3 is 1. The molecule has 3 rings (SSSR count). The molecule has 0 aromatic carbocycles. The maximum absolute atomic E-state index is 11.5. The van der Waals surface area contributed by atoms with Crippen molar-refractivity contribution < 1.29 is 17.9 Å². The molecule has 2 aliphatic rings. The summed E-state index contributed by atoms with van der Waals surface area (Å²) in [6.45, 7) is 4.27. The van der Waals surface area contributed by atoms with E-state index < -0.39 is 10.0 Å². The standard InChI is InChI=1S/C15H24N4O4S/c1-3-24(20,21)18-7-12-4-5-15(23-8-12)9-19(10-15)13-6-14(22-2)17-11-16-13/h6,11-12,18H,3-5,7-10H2,1-2H3/t12-/m1/s1. The number of sulfonamides is 1. The zero-order valence-corrected chi connectivity index (χ0v) is 14.9. The van der Waals surface area contributed by atoms with Gasteiger partial charge in [0.1, 0.15) is 17.7 Å². The Morgan fingerprint density at radius 3 is 2.88 bits per heavy atom. The summed E-state index contributed by atoms with van der Waals surface area (Å²) < 4.78 is 36.8. The fourth-order valence-electron chi connectivity index (χ4n) is 3.10. The van der Waals surface area contributed by atoms with Crippen molar-refractivity contribution in [2.45, 2.75) is 25.4 Å². The van der Waals surface area contributed by atoms with E-state index in [9.17, 15) is 8.42 Å². The van der Waals surface area contributed by atoms with Gasteiger partial charge in [-0.3, -0.25) is 0 Å². The minimum atomic E-state index is -3.13. The molecule has 1 aromatic rings. The van der Waals surface area contributed by atoms with Crippen LogP contribution in [0.5, 0.6) is 5.88 Å². The summed E-state index contributed by atoms with van der Waals surface area (Å²) >= 11 is 0. The molecule has 0 aliphatic carbocycles. The molecule has 24 heavy (non-hydrogen) atoms. The van der Waals surface area contributed by atoms with E-state index in [4.69, 9.17) is 9.47 Å². The first-order valence-electron chi connectivity index (χ1n) is 8.17. The highest BCUT2D eigenvalue weighted by Crippen LogP contribution is 2.38. The van der Waals surface area contributed by atoms with E-state index in [1.165, 1.54) is 6.33 Å². The third-order valence-corrected chi connectivity index (χ3v) is 6.09. The Bertz CT molecular complexity index is 666. The Morgan fingerprint density at radius 1 is 1.46 bits per heavy atom. The number of aromatic nitrogens is 2. The molecule has 0 unspecified atom stereocenters. The summed E-state index contributed by atoms with van der Waals surface area (Å²) in [5, 5.41) is 0. The molecule has 1 atom stereocenters. The van der Waals surface area contributed by atoms with Crippen LogP contribution in [0.2, 0.25) is 0 Å². The average Bonchev–Trinajstić information content (AvgIpc) is 2.58. The van der Waals surface area contributed by atoms with Crippen LogP contribution in [0, 0.1) is 5.92 Å². The summed E-state index contributed by atoms with van der Waals surface area (Å²) in [7, 11) is -1.55. The van der Waals surface area contributed by atoms with Crippen molar-refractivity contribution in [3.8, 4) is 5.88 Å². The first-order chi connectivity index (χ1) is 11.5. The van der Waals surface area contributed by atoms with Crippen LogP contribution in [0.3, 0.4) is 0 Å². The maximum Gasteiger partial charge on any atom is 0.218 e. The van der Waals surface area contributed by atoms with Crippen LogP contribution in [0.1, 0.15) is 19.8 Å². The van der Waals surface area contributed by atoms with Gasteiger partial charge in [-0.2, -0.15) is 0 Å². The van der Waals surface area contributed by atoms with Crippen molar-refractivity contribution in [2.75, 3.05) is 44.0 Å². The zero-order valence-electron chi connectivity index (χ0n) is 14.1. The third-order valence-electron chi connectivity index (χ3n) is 4.72. The van der Waals surface area contributed by atoms with Gasteiger partial charge < -0.3 is 14.4 Å². The van der Waals surface area contributed by atoms with E-state index in [-0.39, 0.29) is 17.3 Å². The lowest BCUT2D eigenvalue weighted by atomic mass is 9.83. The van der Waals surface area contributed by atoms with E-state index in [1.54, 1.807) is 14.0 Å². The van der Waals surface area contributed by atoms with Gasteiger partial charge in [0, 0.05) is 12.6 Å². The third kappa shape index (κ3) is 3.79. The highest BCUT2D eigenvalue weighted by atomic mass is 32.2. The van der Waals surface area contributed by atoms with Crippen molar-refractivity contribution in [3.05, 3.63) is 12.4 Å². The van der Waals surface area contributed by atoms with Crippen LogP contribution < -0.4 is 14.4 Å². The highest BCUT2D eigenvalue weighted by Gasteiger charge is 2.47. The Kier molecular flexibility index (Phi) is 4.93. The lowest BCUT2D eigenvalue weighted by molar-refractivity contribution is -0.114. The number of rotatable bonds is 6. The van der Waals surface area contributed by atoms with Gasteiger partial charge in [-0.15, -0.1) is 0 Å². The summed E-state index contributed by atoms with van der Waals surface area (Å²) in [6, 6.07) is 1.82. The monoisotopic (exact) mass is 356 g/mol. The molecule has 3 heterocycles. The van der Waals surface area contributed by atoms with E-state index in [2.05, 4.69) is 19.6 Å². The largest absolute Gasteiger partial charge is 0.481 e. The topological polar surface area (TPSA) is 93.7 Å². The van der Waals surface area contributed by atoms with Crippen molar-refractivity contribution in [1.82, 2.24) is 14.7 Å². The second-order valence-electron chi connectivity index (χ2n) is 6.43. The molecule has 0 radical (unpaired) electrons. The van der Waals surface area contributed by atoms with Gasteiger partial charge in [0.2, 0.25) is 15.9 Å². The fraction of sp³-hybridized carbons (Fsp3) is 0.733. The van der Waals surface area contributed by atoms with Crippen molar-refractivity contribution in [3.63, 3.8) is 0 Å². The Balaban J connectivity index is 1.48. The van der Waals surface area contributed by atoms with E-state index >= 15 is 0 Å². The molecular formula is C15H24N4O4S. The van der Waals surface area contributed by atoms with Crippen LogP contribution in [0.4, 0.5) is 5.82 Å². The van der Waals surface area contributed by atoms with Crippen LogP contribution in [0.25, 0.3) is 0 Å². The first kappa shape index (κ1) is 17.4. The highest BCUT2D eigenvalue weighted by molar-refractivity contribution is 7.89. The smallest absolute Gasteiger partial charge is 0.218 e. The molecule has 2 saturated heterocycles. The zero-order chi connectivity index (χ0) is 17.2. The van der Waals surface area contributed by atoms with Gasteiger partial charge in [0.05, 0.1) is 32.6 Å². The molecule has 2 fully saturated rings. The lowest BCUT2D eigenvalue weighted by Gasteiger charge is -2.53. The van der Waals surface area contributed by atoms with E-state index in [1.807, 2.05) is 6.07 Å². The number of hydrogen-bond donors (Lipinski definition) is 1. The second-order valence-corrected chi connectivity index (χ2v) is 8.52. The molecule has 1 spiro atoms. The van der Waals surface area contributed by atoms with Crippen LogP contribution in [0.15, 0.2) is 12.4 Å². The number of nitrogens with zero attached hydrogens (tertiary/aromatic N) is 3. The Hall–Kier alpha value is -1.45. The fourth-order valence-corrected chi connectivity index (χ4v) is 3.79. The Labute approximate surface area is 142 Å². The maximum atomic E-state index is 11.5. The van der Waals surface area contributed by atoms with E-state index in [0.717, 1.165) is 31.7 Å². The van der Waals surface area contributed by atoms with Crippen LogP contribution in [-0.4, -0.2) is 63.1 Å². The predicted octanol–water partition coefficient (Wildman–Crippen LogP) is 0.410. The molecule has 1 N–H and O–H groups in total. The van der Waals surface area contributed by atoms with Crippen molar-refractivity contribution in [2.24, 2.45) is 5.92 Å². The molecule has 1 aromatic heterocycles. The number of nitrogens with one attached hydrogen (secondary N) is 1. The minimum absolute atomic E-state index is 0.113. The summed E-state index contributed by atoms with van der Waals surface area (Å²) in [5.74, 6) is 1.75. The normalized spacial score (nSPS) is 23.1. The number of anilines is 1. The molecule has 2 aliphatic heterocycles. The van der Waals surface area contributed by atoms with E-state index in [0.29, 0.717) is 19.0 Å². The van der Waals surface area contributed by atoms with Crippen LogP contribution >= 0.6 is 0 Å². The van der Waals surface area contributed by atoms with Crippen molar-refractivity contribution >= 4 is 15.8 Å². The number of hydrogen-bond acceptors (Lipinski definition) is 7. The minimum Gasteiger partial charge on any atom is -0.481 e. The van der Waals surface area contributed by atoms with Crippen molar-refractivity contribution in [1.29, 1.82) is 0 Å². The quantitative estimate of drug-likeness (QED) is 0.789. The Morgan fingerprint density at radius 2 is 2.25 bits per heavy atom. The first-order valence-corrected chi connectivity index (χ1v) is 9.83. The molecule has 0 saturated carbocycles. The summed E-state index contributed by atoms with van der Waals surface area (Å²) in [5.41, 5.74) is -0.127. The predicted molar refractivity (Wildman–Crippen MR) is 89.7 cm³/mol. The second kappa shape index (κ2) is 6.81. The number of ether oxygens (including phenoxy) is 2. The molecule has 8 nitrogen and oxygen atoms in total. The summed E-state index contributed by atoms with van der Waals surface area (Å²) in [6.07, 6.45) is 3.40. The van der Waals surface area contributed by atoms with Gasteiger partial charge in [0.15, 0.2) is 0 Å². The molecule has 0 bridgehead atoms. The molecule has 0 amide bonds. The molecule has 9 heteroatoms. The molecule has 134 valence electrons. The van der Waals surface area contributed by atoms with Gasteiger partial charge in [-0.05, 0) is 25.7 Å². The van der Waals surface area contributed by atoms with Crippen LogP contribution in [-0.2, 0) is 14.8 Å². The average molecular weight is 356 g/mol. The van der Waals surface area contributed by atoms with Gasteiger partial charge in [-0.1, -0.05) is 0 Å². The van der Waals surface area contributed by atoms with Gasteiger partial charge in [0.25, 0.3) is 0 Å². The van der Waals surface area contributed by atoms with Gasteiger partial charge >= 0.3 is 0 Å². The lowest BCUT2D eigenvalue weighted by Crippen LogP contribution is -2.65. The molecular weight excluding hydrogens is 332 g/mol. The SMILES string of the molecule is CCS(=O)(=O)NC[C@H]1CCC2(CN(c3cc(OC)ncn3)C2)OC1.